The molecule has 0 spiro atoms. The predicted octanol–water partition coefficient (Wildman–Crippen LogP) is 3.78. The Balaban J connectivity index is 1.81. The van der Waals surface area contributed by atoms with Crippen molar-refractivity contribution in [1.29, 1.82) is 0 Å². The average Bonchev–Trinajstić information content (AvgIpc) is 3.13. The van der Waals surface area contributed by atoms with Crippen LogP contribution in [0, 0.1) is 6.92 Å². The molecule has 2 heterocycles. The van der Waals surface area contributed by atoms with Crippen LogP contribution in [0.5, 0.6) is 0 Å². The summed E-state index contributed by atoms with van der Waals surface area (Å²) in [5.74, 6) is -0.540. The number of H-pyrrole nitrogens is 1. The van der Waals surface area contributed by atoms with Crippen molar-refractivity contribution in [2.75, 3.05) is 11.1 Å². The second-order valence-electron chi connectivity index (χ2n) is 7.19. The van der Waals surface area contributed by atoms with Gasteiger partial charge in [-0.05, 0) is 24.6 Å². The number of aromatic amines is 1. The van der Waals surface area contributed by atoms with Crippen LogP contribution in [0.4, 0.5) is 24.5 Å². The second kappa shape index (κ2) is 7.88. The molecular formula is C22H18F3N5O2. The van der Waals surface area contributed by atoms with Gasteiger partial charge in [-0.15, -0.1) is 0 Å². The average molecular weight is 441 g/mol. The summed E-state index contributed by atoms with van der Waals surface area (Å²) in [5, 5.41) is 6.16. The van der Waals surface area contributed by atoms with Gasteiger partial charge in [-0.25, -0.2) is 0 Å². The first-order valence-electron chi connectivity index (χ1n) is 9.58. The Morgan fingerprint density at radius 1 is 1.12 bits per heavy atom. The van der Waals surface area contributed by atoms with E-state index >= 15 is 0 Å². The number of rotatable bonds is 4. The number of nitrogens with one attached hydrogen (secondary N) is 2. The lowest BCUT2D eigenvalue weighted by Crippen LogP contribution is -2.26. The number of carbonyl (C=O) groups is 1. The second-order valence-corrected chi connectivity index (χ2v) is 7.19. The molecule has 0 saturated heterocycles. The number of para-hydroxylation sites is 2. The fourth-order valence-electron chi connectivity index (χ4n) is 3.47. The van der Waals surface area contributed by atoms with E-state index in [-0.39, 0.29) is 34.5 Å². The van der Waals surface area contributed by atoms with Crippen LogP contribution < -0.4 is 16.6 Å². The van der Waals surface area contributed by atoms with Gasteiger partial charge in [0.2, 0.25) is 5.91 Å². The van der Waals surface area contributed by atoms with Crippen LogP contribution in [-0.2, 0) is 17.4 Å². The van der Waals surface area contributed by atoms with Crippen LogP contribution >= 0.6 is 0 Å². The van der Waals surface area contributed by atoms with Crippen LogP contribution in [0.2, 0.25) is 0 Å². The number of halogens is 3. The molecule has 0 aliphatic heterocycles. The van der Waals surface area contributed by atoms with Crippen molar-refractivity contribution in [3.8, 4) is 11.1 Å². The maximum Gasteiger partial charge on any atom is 0.435 e. The predicted molar refractivity (Wildman–Crippen MR) is 114 cm³/mol. The largest absolute Gasteiger partial charge is 0.435 e. The smallest absolute Gasteiger partial charge is 0.397 e. The minimum Gasteiger partial charge on any atom is -0.397 e. The fraction of sp³-hybridized carbons (Fsp3) is 0.136. The number of amides is 1. The molecular weight excluding hydrogens is 423 g/mol. The van der Waals surface area contributed by atoms with E-state index in [1.165, 1.54) is 19.1 Å². The molecule has 0 fully saturated rings. The van der Waals surface area contributed by atoms with E-state index in [9.17, 15) is 22.8 Å². The van der Waals surface area contributed by atoms with Crippen molar-refractivity contribution in [3.63, 3.8) is 0 Å². The number of carbonyl (C=O) groups excluding carboxylic acids is 1. The summed E-state index contributed by atoms with van der Waals surface area (Å²) < 4.78 is 41.8. The van der Waals surface area contributed by atoms with Gasteiger partial charge in [0.15, 0.2) is 5.69 Å². The minimum absolute atomic E-state index is 0.000314. The molecule has 7 nitrogen and oxygen atoms in total. The highest BCUT2D eigenvalue weighted by Crippen LogP contribution is 2.38. The van der Waals surface area contributed by atoms with Gasteiger partial charge in [0.25, 0.3) is 5.56 Å². The van der Waals surface area contributed by atoms with E-state index in [0.29, 0.717) is 15.9 Å². The maximum atomic E-state index is 13.7. The highest BCUT2D eigenvalue weighted by molar-refractivity contribution is 5.95. The summed E-state index contributed by atoms with van der Waals surface area (Å²) in [4.78, 5) is 28.4. The lowest BCUT2D eigenvalue weighted by Gasteiger charge is -2.10. The molecule has 10 heteroatoms. The Bertz CT molecular complexity index is 1370. The molecule has 0 atom stereocenters. The highest BCUT2D eigenvalue weighted by atomic mass is 19.4. The Morgan fingerprint density at radius 3 is 2.44 bits per heavy atom. The van der Waals surface area contributed by atoms with Gasteiger partial charge in [0.05, 0.1) is 23.4 Å². The van der Waals surface area contributed by atoms with Gasteiger partial charge in [-0.2, -0.15) is 22.8 Å². The van der Waals surface area contributed by atoms with Crippen molar-refractivity contribution in [1.82, 2.24) is 14.6 Å². The molecule has 0 bridgehead atoms. The number of nitrogens with zero attached hydrogens (tertiary/aromatic N) is 2. The molecule has 0 saturated carbocycles. The summed E-state index contributed by atoms with van der Waals surface area (Å²) in [7, 11) is 0. The normalized spacial score (nSPS) is 11.6. The first-order chi connectivity index (χ1) is 15.2. The summed E-state index contributed by atoms with van der Waals surface area (Å²) in [6.07, 6.45) is -5.15. The Labute approximate surface area is 179 Å². The summed E-state index contributed by atoms with van der Waals surface area (Å²) in [6.45, 7) is 1.52. The molecule has 164 valence electrons. The molecule has 2 aromatic carbocycles. The molecule has 2 aromatic heterocycles. The number of alkyl halides is 3. The number of benzene rings is 2. The summed E-state index contributed by atoms with van der Waals surface area (Å²) >= 11 is 0. The number of nitrogens with two attached hydrogens (primary N) is 1. The van der Waals surface area contributed by atoms with Crippen LogP contribution in [-0.4, -0.2) is 20.5 Å². The van der Waals surface area contributed by atoms with Crippen molar-refractivity contribution in [2.45, 2.75) is 19.5 Å². The van der Waals surface area contributed by atoms with E-state index in [2.05, 4.69) is 15.4 Å². The van der Waals surface area contributed by atoms with Gasteiger partial charge in [0.1, 0.15) is 5.65 Å². The number of aryl methyl sites for hydroxylation is 1. The topological polar surface area (TPSA) is 105 Å². The van der Waals surface area contributed by atoms with Gasteiger partial charge >= 0.3 is 6.18 Å². The molecule has 0 radical (unpaired) electrons. The first-order valence-corrected chi connectivity index (χ1v) is 9.58. The number of nitrogen functional groups attached to an aromatic ring is 1. The van der Waals surface area contributed by atoms with E-state index < -0.39 is 23.3 Å². The lowest BCUT2D eigenvalue weighted by atomic mass is 10.1. The lowest BCUT2D eigenvalue weighted by molar-refractivity contribution is -0.140. The van der Waals surface area contributed by atoms with Gasteiger partial charge in [0, 0.05) is 11.3 Å². The molecule has 32 heavy (non-hydrogen) atoms. The van der Waals surface area contributed by atoms with E-state index in [4.69, 9.17) is 5.73 Å². The van der Waals surface area contributed by atoms with Crippen molar-refractivity contribution in [2.24, 2.45) is 0 Å². The Kier molecular flexibility index (Phi) is 5.21. The number of anilines is 2. The first kappa shape index (κ1) is 21.2. The zero-order chi connectivity index (χ0) is 23.0. The Hall–Kier alpha value is -4.08. The van der Waals surface area contributed by atoms with Crippen LogP contribution in [0.15, 0.2) is 59.4 Å². The van der Waals surface area contributed by atoms with Crippen LogP contribution in [0.3, 0.4) is 0 Å². The molecule has 0 aliphatic carbocycles. The monoisotopic (exact) mass is 441 g/mol. The SMILES string of the molecule is Cc1[nH]c2c(-c3ccccc3)c(C(F)(F)F)nn2c(=O)c1CC(=O)Nc1ccccc1N. The van der Waals surface area contributed by atoms with E-state index in [0.717, 1.165) is 0 Å². The third-order valence-corrected chi connectivity index (χ3v) is 5.00. The molecule has 4 aromatic rings. The summed E-state index contributed by atoms with van der Waals surface area (Å²) in [6, 6.07) is 14.5. The van der Waals surface area contributed by atoms with Crippen LogP contribution in [0.25, 0.3) is 16.8 Å². The van der Waals surface area contributed by atoms with Crippen molar-refractivity contribution >= 4 is 22.9 Å². The fourth-order valence-corrected chi connectivity index (χ4v) is 3.47. The molecule has 4 N–H and O–H groups in total. The third kappa shape index (κ3) is 3.82. The van der Waals surface area contributed by atoms with Gasteiger partial charge in [-0.1, -0.05) is 42.5 Å². The molecule has 0 unspecified atom stereocenters. The molecule has 1 amide bonds. The van der Waals surface area contributed by atoms with E-state index in [1.807, 2.05) is 0 Å². The van der Waals surface area contributed by atoms with Crippen molar-refractivity contribution in [3.05, 3.63) is 81.9 Å². The quantitative estimate of drug-likeness (QED) is 0.419. The number of hydrogen-bond donors (Lipinski definition) is 3. The zero-order valence-electron chi connectivity index (χ0n) is 16.8. The Morgan fingerprint density at radius 2 is 1.78 bits per heavy atom. The molecule has 0 aliphatic rings. The number of aromatic nitrogens is 3. The van der Waals surface area contributed by atoms with Gasteiger partial charge in [-0.3, -0.25) is 9.59 Å². The number of fused-ring (bicyclic) bond motifs is 1. The van der Waals surface area contributed by atoms with Crippen molar-refractivity contribution < 1.29 is 18.0 Å². The number of hydrogen-bond acceptors (Lipinski definition) is 4. The summed E-state index contributed by atoms with van der Waals surface area (Å²) in [5.41, 5.74) is 4.74. The maximum absolute atomic E-state index is 13.7. The zero-order valence-corrected chi connectivity index (χ0v) is 16.8. The third-order valence-electron chi connectivity index (χ3n) is 5.00. The van der Waals surface area contributed by atoms with E-state index in [1.54, 1.807) is 42.5 Å². The standard InChI is InChI=1S/C22H18F3N5O2/c1-12-14(11-17(31)28-16-10-6-5-9-15(16)26)21(32)30-20(27-12)18(13-7-3-2-4-8-13)19(29-30)22(23,24)25/h2-10,27H,11,26H2,1H3,(H,28,31). The van der Waals surface area contributed by atoms with Crippen LogP contribution in [0.1, 0.15) is 17.0 Å². The van der Waals surface area contributed by atoms with Gasteiger partial charge < -0.3 is 16.0 Å². The minimum atomic E-state index is -4.78. The highest BCUT2D eigenvalue weighted by Gasteiger charge is 2.39. The molecule has 4 rings (SSSR count).